The van der Waals surface area contributed by atoms with Crippen LogP contribution in [0.4, 0.5) is 11.6 Å². The van der Waals surface area contributed by atoms with Crippen LogP contribution in [0.2, 0.25) is 0 Å². The molecule has 3 aromatic heterocycles. The lowest BCUT2D eigenvalue weighted by molar-refractivity contribution is -0.135. The summed E-state index contributed by atoms with van der Waals surface area (Å²) in [5.74, 6) is 1.13. The van der Waals surface area contributed by atoms with Crippen LogP contribution in [0.15, 0.2) is 17.1 Å². The number of nitrogens with one attached hydrogen (secondary N) is 1. The third kappa shape index (κ3) is 3.30. The number of carbonyl (C=O) groups is 1. The molecule has 4 rings (SSSR count). The van der Waals surface area contributed by atoms with E-state index in [2.05, 4.69) is 20.2 Å². The number of aromatic amines is 1. The highest BCUT2D eigenvalue weighted by Gasteiger charge is 2.24. The Hall–Kier alpha value is -3.34. The number of nitrogen functional groups attached to an aromatic ring is 1. The highest BCUT2D eigenvalue weighted by atomic mass is 16.5. The zero-order chi connectivity index (χ0) is 21.4. The molecule has 1 amide bonds. The van der Waals surface area contributed by atoms with E-state index in [0.717, 1.165) is 17.1 Å². The second kappa shape index (κ2) is 7.82. The molecule has 1 fully saturated rings. The fourth-order valence-electron chi connectivity index (χ4n) is 3.90. The Morgan fingerprint density at radius 1 is 1.30 bits per heavy atom. The molecular formula is C19H26N8O3. The molecule has 11 nitrogen and oxygen atoms in total. The van der Waals surface area contributed by atoms with E-state index in [9.17, 15) is 9.59 Å². The Kier molecular flexibility index (Phi) is 5.20. The van der Waals surface area contributed by atoms with Gasteiger partial charge in [-0.2, -0.15) is 10.2 Å². The predicted octanol–water partition coefficient (Wildman–Crippen LogP) is 0.0222. The van der Waals surface area contributed by atoms with Crippen molar-refractivity contribution in [3.63, 3.8) is 0 Å². The van der Waals surface area contributed by atoms with Crippen LogP contribution in [0.1, 0.15) is 6.92 Å². The van der Waals surface area contributed by atoms with Crippen molar-refractivity contribution in [1.82, 2.24) is 29.4 Å². The van der Waals surface area contributed by atoms with Crippen LogP contribution in [0.5, 0.6) is 0 Å². The van der Waals surface area contributed by atoms with Crippen molar-refractivity contribution >= 4 is 28.4 Å². The number of amides is 1. The van der Waals surface area contributed by atoms with Gasteiger partial charge in [-0.3, -0.25) is 19.4 Å². The fraction of sp³-hybridized carbons (Fsp3) is 0.474. The van der Waals surface area contributed by atoms with Crippen LogP contribution >= 0.6 is 0 Å². The van der Waals surface area contributed by atoms with E-state index < -0.39 is 0 Å². The maximum absolute atomic E-state index is 12.6. The monoisotopic (exact) mass is 414 g/mol. The minimum absolute atomic E-state index is 0.00361. The summed E-state index contributed by atoms with van der Waals surface area (Å²) >= 11 is 0. The van der Waals surface area contributed by atoms with Gasteiger partial charge in [-0.15, -0.1) is 0 Å². The highest BCUT2D eigenvalue weighted by Crippen LogP contribution is 2.29. The topological polar surface area (TPSA) is 127 Å². The molecule has 0 unspecified atom stereocenters. The van der Waals surface area contributed by atoms with E-state index in [1.165, 1.54) is 7.11 Å². The van der Waals surface area contributed by atoms with Crippen LogP contribution < -0.4 is 16.2 Å². The second-order valence-electron chi connectivity index (χ2n) is 7.31. The fourth-order valence-corrected chi connectivity index (χ4v) is 3.90. The molecule has 3 aromatic rings. The number of anilines is 2. The van der Waals surface area contributed by atoms with Crippen molar-refractivity contribution in [2.24, 2.45) is 7.05 Å². The smallest absolute Gasteiger partial charge is 0.263 e. The van der Waals surface area contributed by atoms with E-state index in [1.807, 2.05) is 29.6 Å². The van der Waals surface area contributed by atoms with Crippen molar-refractivity contribution in [3.8, 4) is 11.3 Å². The Labute approximate surface area is 173 Å². The van der Waals surface area contributed by atoms with Crippen molar-refractivity contribution in [1.29, 1.82) is 0 Å². The number of rotatable bonds is 5. The number of H-pyrrole nitrogens is 1. The quantitative estimate of drug-likeness (QED) is 0.603. The summed E-state index contributed by atoms with van der Waals surface area (Å²) in [6.07, 6.45) is 1.79. The number of aromatic nitrogens is 5. The molecule has 0 atom stereocenters. The molecule has 0 aliphatic carbocycles. The SMILES string of the molecule is CCn1cc(-c2cc(N3CCN(C(=O)COC)CC3)n(C)n2)c2[nH]nc(N)c2c1=O. The number of methoxy groups -OCH3 is 1. The summed E-state index contributed by atoms with van der Waals surface area (Å²) in [6.45, 7) is 5.19. The van der Waals surface area contributed by atoms with E-state index in [0.29, 0.717) is 43.6 Å². The molecule has 0 aromatic carbocycles. The second-order valence-corrected chi connectivity index (χ2v) is 7.31. The van der Waals surface area contributed by atoms with Gasteiger partial charge in [0.2, 0.25) is 5.91 Å². The lowest BCUT2D eigenvalue weighted by atomic mass is 10.1. The number of hydrogen-bond donors (Lipinski definition) is 2. The zero-order valence-corrected chi connectivity index (χ0v) is 17.4. The van der Waals surface area contributed by atoms with E-state index in [1.54, 1.807) is 10.8 Å². The van der Waals surface area contributed by atoms with Crippen LogP contribution in [-0.4, -0.2) is 75.2 Å². The van der Waals surface area contributed by atoms with E-state index in [4.69, 9.17) is 10.5 Å². The molecular weight excluding hydrogens is 388 g/mol. The van der Waals surface area contributed by atoms with Crippen LogP contribution in [0, 0.1) is 0 Å². The predicted molar refractivity (Wildman–Crippen MR) is 113 cm³/mol. The molecule has 1 aliphatic heterocycles. The summed E-state index contributed by atoms with van der Waals surface area (Å²) in [4.78, 5) is 28.7. The van der Waals surface area contributed by atoms with Gasteiger partial charge in [0.15, 0.2) is 5.82 Å². The molecule has 0 spiro atoms. The minimum Gasteiger partial charge on any atom is -0.382 e. The third-order valence-corrected chi connectivity index (χ3v) is 5.52. The maximum Gasteiger partial charge on any atom is 0.263 e. The number of carbonyl (C=O) groups excluding carboxylic acids is 1. The number of nitrogens with zero attached hydrogens (tertiary/aromatic N) is 6. The van der Waals surface area contributed by atoms with Crippen molar-refractivity contribution < 1.29 is 9.53 Å². The summed E-state index contributed by atoms with van der Waals surface area (Å²) in [5.41, 5.74) is 7.84. The third-order valence-electron chi connectivity index (χ3n) is 5.52. The van der Waals surface area contributed by atoms with Gasteiger partial charge in [-0.05, 0) is 6.92 Å². The summed E-state index contributed by atoms with van der Waals surface area (Å²) in [6, 6.07) is 1.99. The first-order chi connectivity index (χ1) is 14.4. The largest absolute Gasteiger partial charge is 0.382 e. The highest BCUT2D eigenvalue weighted by molar-refractivity contribution is 5.97. The van der Waals surface area contributed by atoms with Gasteiger partial charge in [0, 0.05) is 64.7 Å². The maximum atomic E-state index is 12.6. The van der Waals surface area contributed by atoms with Gasteiger partial charge >= 0.3 is 0 Å². The van der Waals surface area contributed by atoms with Gasteiger partial charge in [-0.1, -0.05) is 0 Å². The molecule has 0 saturated carbocycles. The number of ether oxygens (including phenoxy) is 1. The number of hydrogen-bond acceptors (Lipinski definition) is 7. The average Bonchev–Trinajstić information content (AvgIpc) is 3.32. The summed E-state index contributed by atoms with van der Waals surface area (Å²) < 4.78 is 8.37. The normalized spacial score (nSPS) is 14.6. The van der Waals surface area contributed by atoms with Crippen molar-refractivity contribution in [2.75, 3.05) is 50.5 Å². The molecule has 160 valence electrons. The molecule has 0 radical (unpaired) electrons. The van der Waals surface area contributed by atoms with E-state index >= 15 is 0 Å². The summed E-state index contributed by atoms with van der Waals surface area (Å²) in [5, 5.41) is 12.0. The van der Waals surface area contributed by atoms with Gasteiger partial charge in [0.05, 0.1) is 11.2 Å². The van der Waals surface area contributed by atoms with E-state index in [-0.39, 0.29) is 23.9 Å². The van der Waals surface area contributed by atoms with Crippen LogP contribution in [0.25, 0.3) is 22.2 Å². The van der Waals surface area contributed by atoms with Crippen LogP contribution in [0.3, 0.4) is 0 Å². The standard InChI is InChI=1S/C19H26N8O3/c1-4-25-10-12(17-16(19(25)29)18(20)22-21-17)13-9-14(24(2)23-13)26-5-7-27(8-6-26)15(28)11-30-3/h9-10H,4-8,11H2,1-3H3,(H3,20,21,22). The first kappa shape index (κ1) is 20.0. The van der Waals surface area contributed by atoms with Crippen molar-refractivity contribution in [3.05, 3.63) is 22.6 Å². The lowest BCUT2D eigenvalue weighted by Gasteiger charge is -2.35. The Morgan fingerprint density at radius 2 is 2.03 bits per heavy atom. The molecule has 3 N–H and O–H groups in total. The first-order valence-corrected chi connectivity index (χ1v) is 9.87. The van der Waals surface area contributed by atoms with Gasteiger partial charge in [0.25, 0.3) is 5.56 Å². The minimum atomic E-state index is -0.171. The number of nitrogens with two attached hydrogens (primary N) is 1. The van der Waals surface area contributed by atoms with Gasteiger partial charge < -0.3 is 24.8 Å². The average molecular weight is 414 g/mol. The molecule has 4 heterocycles. The van der Waals surface area contributed by atoms with Gasteiger partial charge in [-0.25, -0.2) is 0 Å². The summed E-state index contributed by atoms with van der Waals surface area (Å²) in [7, 11) is 3.41. The lowest BCUT2D eigenvalue weighted by Crippen LogP contribution is -2.50. The number of piperazine rings is 1. The molecule has 1 aliphatic rings. The number of pyridine rings is 1. The molecule has 11 heteroatoms. The number of aryl methyl sites for hydroxylation is 2. The Morgan fingerprint density at radius 3 is 2.70 bits per heavy atom. The Bertz CT molecular complexity index is 1140. The van der Waals surface area contributed by atoms with Crippen LogP contribution in [-0.2, 0) is 23.1 Å². The first-order valence-electron chi connectivity index (χ1n) is 9.87. The van der Waals surface area contributed by atoms with Crippen molar-refractivity contribution in [2.45, 2.75) is 13.5 Å². The molecule has 0 bridgehead atoms. The Balaban J connectivity index is 1.65. The number of fused-ring (bicyclic) bond motifs is 1. The molecule has 30 heavy (non-hydrogen) atoms. The molecule has 1 saturated heterocycles. The zero-order valence-electron chi connectivity index (χ0n) is 17.4. The van der Waals surface area contributed by atoms with Gasteiger partial charge in [0.1, 0.15) is 17.8 Å².